The summed E-state index contributed by atoms with van der Waals surface area (Å²) in [5.74, 6) is -0.102. The number of ether oxygens (including phenoxy) is 1. The summed E-state index contributed by atoms with van der Waals surface area (Å²) in [7, 11) is -3.56. The molecule has 1 N–H and O–H groups in total. The summed E-state index contributed by atoms with van der Waals surface area (Å²) in [5.41, 5.74) is 0.997. The lowest BCUT2D eigenvalue weighted by molar-refractivity contribution is -0.115. The molecule has 0 bridgehead atoms. The largest absolute Gasteiger partial charge is 0.491 e. The predicted octanol–water partition coefficient (Wildman–Crippen LogP) is 3.15. The highest BCUT2D eigenvalue weighted by Crippen LogP contribution is 2.19. The van der Waals surface area contributed by atoms with Crippen LogP contribution in [0.5, 0.6) is 5.75 Å². The summed E-state index contributed by atoms with van der Waals surface area (Å²) in [6.07, 6.45) is -0.157. The van der Waals surface area contributed by atoms with E-state index in [9.17, 15) is 13.2 Å². The molecule has 0 aliphatic heterocycles. The van der Waals surface area contributed by atoms with Crippen LogP contribution in [-0.2, 0) is 14.6 Å². The summed E-state index contributed by atoms with van der Waals surface area (Å²) in [6.45, 7) is 3.77. The number of sulfone groups is 1. The smallest absolute Gasteiger partial charge is 0.225 e. The summed E-state index contributed by atoms with van der Waals surface area (Å²) >= 11 is 0. The highest BCUT2D eigenvalue weighted by molar-refractivity contribution is 7.91. The van der Waals surface area contributed by atoms with Gasteiger partial charge < -0.3 is 10.1 Å². The van der Waals surface area contributed by atoms with Crippen LogP contribution < -0.4 is 10.1 Å². The average molecular weight is 372 g/mol. The Morgan fingerprint density at radius 2 is 1.73 bits per heavy atom. The zero-order valence-electron chi connectivity index (χ0n) is 14.6. The Balaban J connectivity index is 1.94. The first kappa shape index (κ1) is 19.5. The van der Waals surface area contributed by atoms with Crippen LogP contribution in [0.3, 0.4) is 0 Å². The third-order valence-corrected chi connectivity index (χ3v) is 5.18. The van der Waals surface area contributed by atoms with E-state index in [0.29, 0.717) is 17.0 Å². The van der Waals surface area contributed by atoms with E-state index in [0.717, 1.165) is 0 Å². The number of hydrogen-bond acceptors (Lipinski definition) is 5. The van der Waals surface area contributed by atoms with E-state index >= 15 is 0 Å². The molecule has 0 saturated carbocycles. The molecule has 2 aromatic rings. The molecule has 0 saturated heterocycles. The quantitative estimate of drug-likeness (QED) is 0.805. The lowest BCUT2D eigenvalue weighted by atomic mass is 10.2. The van der Waals surface area contributed by atoms with E-state index in [1.807, 2.05) is 19.9 Å². The van der Waals surface area contributed by atoms with Crippen LogP contribution in [0.1, 0.15) is 25.8 Å². The molecule has 0 aliphatic rings. The van der Waals surface area contributed by atoms with Gasteiger partial charge in [0.15, 0.2) is 9.84 Å². The molecule has 1 amide bonds. The molecule has 0 aliphatic carbocycles. The van der Waals surface area contributed by atoms with Gasteiger partial charge in [0.05, 0.1) is 28.4 Å². The number of carbonyl (C=O) groups excluding carboxylic acids is 1. The van der Waals surface area contributed by atoms with Crippen molar-refractivity contribution < 1.29 is 17.9 Å². The molecule has 7 heteroatoms. The Kier molecular flexibility index (Phi) is 6.36. The van der Waals surface area contributed by atoms with E-state index in [2.05, 4.69) is 5.32 Å². The molecule has 26 heavy (non-hydrogen) atoms. The van der Waals surface area contributed by atoms with Crippen molar-refractivity contribution in [3.05, 3.63) is 54.1 Å². The molecule has 0 fully saturated rings. The van der Waals surface area contributed by atoms with Crippen LogP contribution >= 0.6 is 0 Å². The van der Waals surface area contributed by atoms with Gasteiger partial charge in [0.25, 0.3) is 0 Å². The Hall–Kier alpha value is -2.85. The van der Waals surface area contributed by atoms with Gasteiger partial charge in [-0.25, -0.2) is 8.42 Å². The van der Waals surface area contributed by atoms with Crippen molar-refractivity contribution in [2.75, 3.05) is 11.1 Å². The van der Waals surface area contributed by atoms with E-state index in [1.165, 1.54) is 12.1 Å². The second-order valence-corrected chi connectivity index (χ2v) is 8.05. The topological polar surface area (TPSA) is 96.3 Å². The Morgan fingerprint density at radius 3 is 2.27 bits per heavy atom. The number of nitrogens with one attached hydrogen (secondary N) is 1. The average Bonchev–Trinajstić information content (AvgIpc) is 2.61. The van der Waals surface area contributed by atoms with Gasteiger partial charge in [-0.15, -0.1) is 0 Å². The fraction of sp³-hybridized carbons (Fsp3) is 0.263. The summed E-state index contributed by atoms with van der Waals surface area (Å²) in [6, 6.07) is 14.5. The summed E-state index contributed by atoms with van der Waals surface area (Å²) in [5, 5.41) is 11.4. The van der Waals surface area contributed by atoms with Gasteiger partial charge in [-0.3, -0.25) is 4.79 Å². The molecule has 0 unspecified atom stereocenters. The maximum atomic E-state index is 12.3. The minimum absolute atomic E-state index is 0.00313. The maximum Gasteiger partial charge on any atom is 0.225 e. The van der Waals surface area contributed by atoms with Gasteiger partial charge >= 0.3 is 0 Å². The van der Waals surface area contributed by atoms with Gasteiger partial charge in [0.1, 0.15) is 5.75 Å². The number of carbonyl (C=O) groups is 1. The lowest BCUT2D eigenvalue weighted by Gasteiger charge is -2.10. The first-order chi connectivity index (χ1) is 12.3. The number of hydrogen-bond donors (Lipinski definition) is 1. The van der Waals surface area contributed by atoms with Crippen molar-refractivity contribution in [3.8, 4) is 11.8 Å². The van der Waals surface area contributed by atoms with Gasteiger partial charge in [0.2, 0.25) is 5.91 Å². The minimum atomic E-state index is -3.56. The Labute approximate surface area is 153 Å². The molecule has 0 heterocycles. The van der Waals surface area contributed by atoms with Crippen LogP contribution in [0.25, 0.3) is 0 Å². The first-order valence-corrected chi connectivity index (χ1v) is 9.75. The second-order valence-electron chi connectivity index (χ2n) is 5.94. The van der Waals surface area contributed by atoms with Crippen LogP contribution in [0.4, 0.5) is 5.69 Å². The summed E-state index contributed by atoms with van der Waals surface area (Å²) in [4.78, 5) is 12.1. The number of amides is 1. The van der Waals surface area contributed by atoms with Crippen molar-refractivity contribution >= 4 is 21.4 Å². The Morgan fingerprint density at radius 1 is 1.12 bits per heavy atom. The molecule has 136 valence electrons. The first-order valence-electron chi connectivity index (χ1n) is 8.09. The van der Waals surface area contributed by atoms with E-state index < -0.39 is 15.7 Å². The third kappa shape index (κ3) is 5.60. The molecule has 6 nitrogen and oxygen atoms in total. The van der Waals surface area contributed by atoms with Gasteiger partial charge in [0, 0.05) is 12.1 Å². The highest BCUT2D eigenvalue weighted by atomic mass is 32.2. The van der Waals surface area contributed by atoms with Crippen molar-refractivity contribution in [2.45, 2.75) is 31.3 Å². The number of nitrogens with zero attached hydrogens (tertiary/aromatic N) is 1. The Bertz CT molecular complexity index is 896. The number of rotatable bonds is 7. The second kappa shape index (κ2) is 8.50. The lowest BCUT2D eigenvalue weighted by Crippen LogP contribution is -2.17. The van der Waals surface area contributed by atoms with Crippen LogP contribution in [0.15, 0.2) is 53.4 Å². The predicted molar refractivity (Wildman–Crippen MR) is 98.7 cm³/mol. The van der Waals surface area contributed by atoms with Crippen LogP contribution in [0, 0.1) is 11.3 Å². The van der Waals surface area contributed by atoms with E-state index in [1.54, 1.807) is 36.4 Å². The number of anilines is 1. The molecular weight excluding hydrogens is 352 g/mol. The fourth-order valence-electron chi connectivity index (χ4n) is 2.19. The number of benzene rings is 2. The zero-order chi connectivity index (χ0) is 19.2. The van der Waals surface area contributed by atoms with Crippen molar-refractivity contribution in [3.63, 3.8) is 0 Å². The summed E-state index contributed by atoms with van der Waals surface area (Å²) < 4.78 is 30.2. The van der Waals surface area contributed by atoms with Crippen molar-refractivity contribution in [1.82, 2.24) is 0 Å². The molecule has 2 rings (SSSR count). The van der Waals surface area contributed by atoms with Gasteiger partial charge in [-0.2, -0.15) is 5.26 Å². The highest BCUT2D eigenvalue weighted by Gasteiger charge is 2.17. The molecule has 0 atom stereocenters. The number of nitriles is 1. The minimum Gasteiger partial charge on any atom is -0.491 e. The monoisotopic (exact) mass is 372 g/mol. The zero-order valence-corrected chi connectivity index (χ0v) is 15.4. The molecular formula is C19H20N2O4S. The van der Waals surface area contributed by atoms with Crippen molar-refractivity contribution in [1.29, 1.82) is 5.26 Å². The fourth-order valence-corrected chi connectivity index (χ4v) is 3.43. The standard InChI is InChI=1S/C19H20N2O4S/c1-14(2)25-17-7-9-18(10-8-17)26(23,24)12-11-19(22)21-16-5-3-15(13-20)4-6-16/h3-10,14H,11-12H2,1-2H3,(H,21,22). The van der Waals surface area contributed by atoms with Crippen molar-refractivity contribution in [2.24, 2.45) is 0 Å². The van der Waals surface area contributed by atoms with Gasteiger partial charge in [-0.05, 0) is 62.4 Å². The SMILES string of the molecule is CC(C)Oc1ccc(S(=O)(=O)CCC(=O)Nc2ccc(C#N)cc2)cc1. The van der Waals surface area contributed by atoms with E-state index in [4.69, 9.17) is 10.00 Å². The molecule has 2 aromatic carbocycles. The molecule has 0 aromatic heterocycles. The molecule has 0 radical (unpaired) electrons. The van der Waals surface area contributed by atoms with Crippen LogP contribution in [-0.4, -0.2) is 26.2 Å². The molecule has 0 spiro atoms. The van der Waals surface area contributed by atoms with Crippen LogP contribution in [0.2, 0.25) is 0 Å². The van der Waals surface area contributed by atoms with Gasteiger partial charge in [-0.1, -0.05) is 0 Å². The normalized spacial score (nSPS) is 11.0. The third-order valence-electron chi connectivity index (χ3n) is 3.45. The van der Waals surface area contributed by atoms with E-state index in [-0.39, 0.29) is 23.2 Å². The maximum absolute atomic E-state index is 12.3.